The van der Waals surface area contributed by atoms with Gasteiger partial charge < -0.3 is 15.4 Å². The molecule has 0 unspecified atom stereocenters. The largest absolute Gasteiger partial charge is 0.383 e. The van der Waals surface area contributed by atoms with Gasteiger partial charge in [-0.3, -0.25) is 4.79 Å². The van der Waals surface area contributed by atoms with Gasteiger partial charge >= 0.3 is 0 Å². The molecule has 0 spiro atoms. The number of benzene rings is 1. The van der Waals surface area contributed by atoms with Crippen LogP contribution in [0.15, 0.2) is 18.2 Å². The molecule has 1 heterocycles. The summed E-state index contributed by atoms with van der Waals surface area (Å²) < 4.78 is 20.9. The molecular formula is C19H25FN4O2. The molecule has 0 bridgehead atoms. The van der Waals surface area contributed by atoms with E-state index in [9.17, 15) is 9.18 Å². The van der Waals surface area contributed by atoms with Gasteiger partial charge in [-0.2, -0.15) is 5.10 Å². The van der Waals surface area contributed by atoms with E-state index in [2.05, 4.69) is 15.7 Å². The van der Waals surface area contributed by atoms with Crippen molar-refractivity contribution in [3.63, 3.8) is 0 Å². The smallest absolute Gasteiger partial charge is 0.272 e. The van der Waals surface area contributed by atoms with Crippen LogP contribution in [0.5, 0.6) is 0 Å². The van der Waals surface area contributed by atoms with Gasteiger partial charge in [-0.05, 0) is 43.9 Å². The molecule has 2 N–H and O–H groups in total. The minimum atomic E-state index is -0.323. The molecule has 1 aromatic carbocycles. The minimum absolute atomic E-state index is 0.206. The summed E-state index contributed by atoms with van der Waals surface area (Å²) in [6.45, 7) is 4.38. The highest BCUT2D eigenvalue weighted by atomic mass is 19.1. The molecule has 1 aromatic heterocycles. The Bertz CT molecular complexity index is 788. The van der Waals surface area contributed by atoms with Crippen LogP contribution in [0, 0.1) is 12.7 Å². The van der Waals surface area contributed by atoms with E-state index in [0.717, 1.165) is 42.6 Å². The Balaban J connectivity index is 1.74. The quantitative estimate of drug-likeness (QED) is 0.704. The fraction of sp³-hybridized carbons (Fsp3) is 0.474. The summed E-state index contributed by atoms with van der Waals surface area (Å²) in [4.78, 5) is 12.5. The van der Waals surface area contributed by atoms with Crippen molar-refractivity contribution in [3.05, 3.63) is 46.5 Å². The highest BCUT2D eigenvalue weighted by Crippen LogP contribution is 2.28. The zero-order valence-corrected chi connectivity index (χ0v) is 15.3. The lowest BCUT2D eigenvalue weighted by Crippen LogP contribution is -2.33. The number of carbonyl (C=O) groups excluding carboxylic acids is 1. The molecule has 140 valence electrons. The van der Waals surface area contributed by atoms with Gasteiger partial charge in [0.2, 0.25) is 0 Å². The number of aryl methyl sites for hydroxylation is 1. The molecule has 6 nitrogen and oxygen atoms in total. The summed E-state index contributed by atoms with van der Waals surface area (Å²) >= 11 is 0. The number of amides is 1. The fourth-order valence-corrected chi connectivity index (χ4v) is 3.25. The van der Waals surface area contributed by atoms with E-state index < -0.39 is 0 Å². The lowest BCUT2D eigenvalue weighted by Gasteiger charge is -2.08. The maximum absolute atomic E-state index is 14.4. The Labute approximate surface area is 152 Å². The first-order valence-corrected chi connectivity index (χ1v) is 8.97. The summed E-state index contributed by atoms with van der Waals surface area (Å²) in [5.74, 6) is -0.528. The molecular weight excluding hydrogens is 335 g/mol. The molecule has 0 fully saturated rings. The van der Waals surface area contributed by atoms with Crippen LogP contribution in [-0.4, -0.2) is 49.0 Å². The summed E-state index contributed by atoms with van der Waals surface area (Å²) in [6, 6.07) is 5.06. The zero-order chi connectivity index (χ0) is 18.5. The number of hydrogen-bond acceptors (Lipinski definition) is 4. The normalized spacial score (nSPS) is 13.0. The first-order chi connectivity index (χ1) is 12.6. The number of methoxy groups -OCH3 is 1. The molecule has 1 amide bonds. The molecule has 26 heavy (non-hydrogen) atoms. The van der Waals surface area contributed by atoms with Crippen LogP contribution in [0.2, 0.25) is 0 Å². The van der Waals surface area contributed by atoms with Gasteiger partial charge in [0.25, 0.3) is 5.91 Å². The first-order valence-electron chi connectivity index (χ1n) is 8.97. The minimum Gasteiger partial charge on any atom is -0.383 e. The number of ether oxygens (including phenoxy) is 1. The van der Waals surface area contributed by atoms with Crippen LogP contribution in [0.1, 0.15) is 33.7 Å². The number of nitrogens with one attached hydrogen (secondary N) is 2. The van der Waals surface area contributed by atoms with E-state index in [1.807, 2.05) is 13.0 Å². The van der Waals surface area contributed by atoms with E-state index in [1.165, 1.54) is 6.07 Å². The number of rotatable bonds is 8. The summed E-state index contributed by atoms with van der Waals surface area (Å²) in [6.07, 6.45) is 2.57. The van der Waals surface area contributed by atoms with Gasteiger partial charge in [0.1, 0.15) is 11.5 Å². The number of halogens is 1. The molecule has 0 saturated carbocycles. The third-order valence-corrected chi connectivity index (χ3v) is 4.55. The third kappa shape index (κ3) is 3.94. The van der Waals surface area contributed by atoms with Crippen LogP contribution >= 0.6 is 0 Å². The number of aromatic nitrogens is 2. The standard InChI is InChI=1S/C19H25FN4O2/c1-13-6-7-17(15(20)12-13)24-16-5-3-4-14(16)18(23-24)19(25)22-9-8-21-10-11-26-2/h6-7,12,21H,3-5,8-11H2,1-2H3,(H,22,25). The first kappa shape index (κ1) is 18.5. The van der Waals surface area contributed by atoms with Crippen LogP contribution in [0.3, 0.4) is 0 Å². The van der Waals surface area contributed by atoms with Crippen LogP contribution in [0.25, 0.3) is 5.69 Å². The second-order valence-corrected chi connectivity index (χ2v) is 6.49. The SMILES string of the molecule is COCCNCCNC(=O)c1nn(-c2ccc(C)cc2F)c2c1CCC2. The molecule has 0 atom stereocenters. The second kappa shape index (κ2) is 8.42. The number of fused-ring (bicyclic) bond motifs is 1. The summed E-state index contributed by atoms with van der Waals surface area (Å²) in [5.41, 5.74) is 3.54. The van der Waals surface area contributed by atoms with Gasteiger partial charge in [-0.25, -0.2) is 9.07 Å². The highest BCUT2D eigenvalue weighted by Gasteiger charge is 2.27. The van der Waals surface area contributed by atoms with Crippen molar-refractivity contribution < 1.29 is 13.9 Å². The number of hydrogen-bond donors (Lipinski definition) is 2. The Morgan fingerprint density at radius 1 is 1.31 bits per heavy atom. The molecule has 1 aliphatic carbocycles. The Kier molecular flexibility index (Phi) is 6.00. The maximum Gasteiger partial charge on any atom is 0.272 e. The Hall–Kier alpha value is -2.25. The van der Waals surface area contributed by atoms with Crippen molar-refractivity contribution in [2.75, 3.05) is 33.4 Å². The van der Waals surface area contributed by atoms with Crippen molar-refractivity contribution in [2.24, 2.45) is 0 Å². The van der Waals surface area contributed by atoms with E-state index in [-0.39, 0.29) is 11.7 Å². The Morgan fingerprint density at radius 2 is 2.15 bits per heavy atom. The van der Waals surface area contributed by atoms with Gasteiger partial charge in [0.15, 0.2) is 5.69 Å². The predicted molar refractivity (Wildman–Crippen MR) is 97.4 cm³/mol. The lowest BCUT2D eigenvalue weighted by atomic mass is 10.2. The summed E-state index contributed by atoms with van der Waals surface area (Å²) in [5, 5.41) is 10.5. The average molecular weight is 360 g/mol. The number of nitrogens with zero attached hydrogens (tertiary/aromatic N) is 2. The highest BCUT2D eigenvalue weighted by molar-refractivity contribution is 5.94. The molecule has 2 aromatic rings. The van der Waals surface area contributed by atoms with Gasteiger partial charge in [-0.1, -0.05) is 6.07 Å². The van der Waals surface area contributed by atoms with Crippen molar-refractivity contribution in [2.45, 2.75) is 26.2 Å². The van der Waals surface area contributed by atoms with Gasteiger partial charge in [0, 0.05) is 38.0 Å². The van der Waals surface area contributed by atoms with Gasteiger partial charge in [-0.15, -0.1) is 0 Å². The van der Waals surface area contributed by atoms with E-state index in [1.54, 1.807) is 17.9 Å². The van der Waals surface area contributed by atoms with Crippen molar-refractivity contribution in [3.8, 4) is 5.69 Å². The molecule has 1 aliphatic rings. The van der Waals surface area contributed by atoms with E-state index in [4.69, 9.17) is 4.74 Å². The van der Waals surface area contributed by atoms with Crippen molar-refractivity contribution >= 4 is 5.91 Å². The monoisotopic (exact) mass is 360 g/mol. The van der Waals surface area contributed by atoms with Crippen molar-refractivity contribution in [1.82, 2.24) is 20.4 Å². The average Bonchev–Trinajstić information content (AvgIpc) is 3.21. The van der Waals surface area contributed by atoms with Crippen molar-refractivity contribution in [1.29, 1.82) is 0 Å². The van der Waals surface area contributed by atoms with E-state index in [0.29, 0.717) is 31.1 Å². The third-order valence-electron chi connectivity index (χ3n) is 4.55. The molecule has 0 radical (unpaired) electrons. The molecule has 3 rings (SSSR count). The topological polar surface area (TPSA) is 68.2 Å². The molecule has 0 saturated heterocycles. The predicted octanol–water partition coefficient (Wildman–Crippen LogP) is 1.77. The molecule has 7 heteroatoms. The Morgan fingerprint density at radius 3 is 2.92 bits per heavy atom. The van der Waals surface area contributed by atoms with Crippen LogP contribution < -0.4 is 10.6 Å². The van der Waals surface area contributed by atoms with Crippen LogP contribution in [0.4, 0.5) is 4.39 Å². The molecule has 0 aliphatic heterocycles. The zero-order valence-electron chi connectivity index (χ0n) is 15.3. The fourth-order valence-electron chi connectivity index (χ4n) is 3.25. The van der Waals surface area contributed by atoms with Crippen LogP contribution in [-0.2, 0) is 17.6 Å². The summed E-state index contributed by atoms with van der Waals surface area (Å²) in [7, 11) is 1.65. The van der Waals surface area contributed by atoms with E-state index >= 15 is 0 Å². The second-order valence-electron chi connectivity index (χ2n) is 6.49. The maximum atomic E-state index is 14.4. The lowest BCUT2D eigenvalue weighted by molar-refractivity contribution is 0.0947. The number of carbonyl (C=O) groups is 1. The van der Waals surface area contributed by atoms with Gasteiger partial charge in [0.05, 0.1) is 6.61 Å².